The van der Waals surface area contributed by atoms with Gasteiger partial charge in [-0.3, -0.25) is 9.59 Å². The Bertz CT molecular complexity index is 700. The van der Waals surface area contributed by atoms with Gasteiger partial charge in [0.15, 0.2) is 0 Å². The highest BCUT2D eigenvalue weighted by molar-refractivity contribution is 5.86. The lowest BCUT2D eigenvalue weighted by atomic mass is 9.82. The summed E-state index contributed by atoms with van der Waals surface area (Å²) in [4.78, 5) is 28.9. The number of hydrogen-bond acceptors (Lipinski definition) is 5. The monoisotopic (exact) mass is 536 g/mol. The lowest BCUT2D eigenvalue weighted by Crippen LogP contribution is -2.51. The highest BCUT2D eigenvalue weighted by Gasteiger charge is 2.36. The smallest absolute Gasteiger partial charge is 0.223 e. The topological polar surface area (TPSA) is 110 Å². The first kappa shape index (κ1) is 31.3. The van der Waals surface area contributed by atoms with Gasteiger partial charge in [0.1, 0.15) is 6.10 Å². The van der Waals surface area contributed by atoms with Crippen LogP contribution in [-0.2, 0) is 9.59 Å². The van der Waals surface area contributed by atoms with Crippen LogP contribution in [0.15, 0.2) is 0 Å². The average Bonchev–Trinajstić information content (AvgIpc) is 3.72. The van der Waals surface area contributed by atoms with Crippen molar-refractivity contribution < 1.29 is 24.9 Å². The van der Waals surface area contributed by atoms with Gasteiger partial charge in [-0.1, -0.05) is 78.1 Å². The molecule has 3 fully saturated rings. The molecule has 0 spiro atoms. The molecule has 220 valence electrons. The van der Waals surface area contributed by atoms with Crippen molar-refractivity contribution in [1.29, 1.82) is 0 Å². The summed E-state index contributed by atoms with van der Waals surface area (Å²) in [6, 6.07) is -0.507. The standard InChI is InChI=1S/C31H56N2O5/c1-22(2)17-28(35)30(37)27(19-23-9-5-3-6-10-23)32-31(38)26(18-24-13-14-24)20-29(36)33(15-16-34)21-25-11-7-4-8-12-25/h22-28,30,34-35,37H,3-21H2,1-2H3,(H,32,38)/t26-,27+,28+,30-/m1/s1. The van der Waals surface area contributed by atoms with E-state index in [2.05, 4.69) is 5.32 Å². The van der Waals surface area contributed by atoms with Crippen LogP contribution >= 0.6 is 0 Å². The first-order valence-electron chi connectivity index (χ1n) is 15.8. The molecule has 38 heavy (non-hydrogen) atoms. The summed E-state index contributed by atoms with van der Waals surface area (Å²) in [5, 5.41) is 34.7. The van der Waals surface area contributed by atoms with Gasteiger partial charge < -0.3 is 25.5 Å². The molecule has 4 N–H and O–H groups in total. The fourth-order valence-electron chi connectivity index (χ4n) is 6.76. The highest BCUT2D eigenvalue weighted by atomic mass is 16.3. The minimum absolute atomic E-state index is 0.0466. The second kappa shape index (κ2) is 16.2. The van der Waals surface area contributed by atoms with E-state index in [0.717, 1.165) is 38.5 Å². The number of hydrogen-bond donors (Lipinski definition) is 4. The predicted octanol–water partition coefficient (Wildman–Crippen LogP) is 4.42. The summed E-state index contributed by atoms with van der Waals surface area (Å²) in [7, 11) is 0. The third kappa shape index (κ3) is 10.8. The molecule has 0 bridgehead atoms. The molecule has 0 aromatic carbocycles. The van der Waals surface area contributed by atoms with E-state index in [1.165, 1.54) is 38.5 Å². The second-order valence-electron chi connectivity index (χ2n) is 13.2. The Morgan fingerprint density at radius 3 is 1.97 bits per heavy atom. The predicted molar refractivity (Wildman–Crippen MR) is 150 cm³/mol. The van der Waals surface area contributed by atoms with Crippen molar-refractivity contribution >= 4 is 11.8 Å². The Morgan fingerprint density at radius 2 is 1.42 bits per heavy atom. The molecular weight excluding hydrogens is 480 g/mol. The van der Waals surface area contributed by atoms with Crippen molar-refractivity contribution in [3.63, 3.8) is 0 Å². The minimum atomic E-state index is -1.02. The molecule has 0 unspecified atom stereocenters. The van der Waals surface area contributed by atoms with E-state index in [1.54, 1.807) is 4.90 Å². The van der Waals surface area contributed by atoms with Crippen molar-refractivity contribution in [1.82, 2.24) is 10.2 Å². The summed E-state index contributed by atoms with van der Waals surface area (Å²) in [6.07, 6.45) is 14.0. The van der Waals surface area contributed by atoms with Crippen molar-refractivity contribution in [2.75, 3.05) is 19.7 Å². The molecule has 7 nitrogen and oxygen atoms in total. The lowest BCUT2D eigenvalue weighted by molar-refractivity contribution is -0.138. The maximum atomic E-state index is 13.7. The van der Waals surface area contributed by atoms with Gasteiger partial charge in [-0.15, -0.1) is 0 Å². The Morgan fingerprint density at radius 1 is 0.842 bits per heavy atom. The van der Waals surface area contributed by atoms with E-state index in [1.807, 2.05) is 13.8 Å². The lowest BCUT2D eigenvalue weighted by Gasteiger charge is -2.34. The van der Waals surface area contributed by atoms with Crippen molar-refractivity contribution in [3.05, 3.63) is 0 Å². The zero-order chi connectivity index (χ0) is 27.5. The molecule has 7 heteroatoms. The zero-order valence-corrected chi connectivity index (χ0v) is 24.2. The van der Waals surface area contributed by atoms with Crippen LogP contribution < -0.4 is 5.32 Å². The molecule has 3 aliphatic rings. The Hall–Kier alpha value is -1.18. The largest absolute Gasteiger partial charge is 0.395 e. The molecular formula is C31H56N2O5. The van der Waals surface area contributed by atoms with Gasteiger partial charge >= 0.3 is 0 Å². The third-order valence-electron chi connectivity index (χ3n) is 9.19. The van der Waals surface area contributed by atoms with Crippen LogP contribution in [0.4, 0.5) is 0 Å². The van der Waals surface area contributed by atoms with Crippen LogP contribution in [0.25, 0.3) is 0 Å². The maximum Gasteiger partial charge on any atom is 0.223 e. The summed E-state index contributed by atoms with van der Waals surface area (Å²) in [6.45, 7) is 4.96. The van der Waals surface area contributed by atoms with E-state index in [-0.39, 0.29) is 30.8 Å². The Kier molecular flexibility index (Phi) is 13.3. The summed E-state index contributed by atoms with van der Waals surface area (Å²) >= 11 is 0. The van der Waals surface area contributed by atoms with E-state index < -0.39 is 24.2 Å². The van der Waals surface area contributed by atoms with E-state index in [9.17, 15) is 24.9 Å². The SMILES string of the molecule is CC(C)C[C@H](O)[C@H](O)[C@H](CC1CCCCC1)NC(=O)[C@@H](CC(=O)N(CCO)CC1CCCCC1)CC1CC1. The Balaban J connectivity index is 1.67. The number of rotatable bonds is 16. The molecule has 2 amide bonds. The molecule has 0 aromatic heterocycles. The van der Waals surface area contributed by atoms with E-state index in [4.69, 9.17) is 0 Å². The normalized spacial score (nSPS) is 22.6. The summed E-state index contributed by atoms with van der Waals surface area (Å²) < 4.78 is 0. The average molecular weight is 537 g/mol. The van der Waals surface area contributed by atoms with Gasteiger partial charge in [-0.25, -0.2) is 0 Å². The number of nitrogens with one attached hydrogen (secondary N) is 1. The van der Waals surface area contributed by atoms with E-state index in [0.29, 0.717) is 50.1 Å². The van der Waals surface area contributed by atoms with Crippen LogP contribution in [0.2, 0.25) is 0 Å². The van der Waals surface area contributed by atoms with Crippen LogP contribution in [-0.4, -0.2) is 70.0 Å². The van der Waals surface area contributed by atoms with Crippen molar-refractivity contribution in [2.24, 2.45) is 29.6 Å². The number of carbonyl (C=O) groups is 2. The van der Waals surface area contributed by atoms with Gasteiger partial charge in [0.25, 0.3) is 0 Å². The number of carbonyl (C=O) groups excluding carboxylic acids is 2. The quantitative estimate of drug-likeness (QED) is 0.233. The molecule has 0 saturated heterocycles. The van der Waals surface area contributed by atoms with Crippen molar-refractivity contribution in [2.45, 2.75) is 135 Å². The number of aliphatic hydroxyl groups excluding tert-OH is 3. The van der Waals surface area contributed by atoms with Gasteiger partial charge in [0.2, 0.25) is 11.8 Å². The molecule has 3 aliphatic carbocycles. The van der Waals surface area contributed by atoms with Gasteiger partial charge in [0.05, 0.1) is 18.8 Å². The maximum absolute atomic E-state index is 13.7. The fourth-order valence-corrected chi connectivity index (χ4v) is 6.76. The van der Waals surface area contributed by atoms with Crippen molar-refractivity contribution in [3.8, 4) is 0 Å². The minimum Gasteiger partial charge on any atom is -0.395 e. The van der Waals surface area contributed by atoms with E-state index >= 15 is 0 Å². The van der Waals surface area contributed by atoms with Crippen LogP contribution in [0, 0.1) is 29.6 Å². The van der Waals surface area contributed by atoms with Gasteiger partial charge in [-0.05, 0) is 55.8 Å². The van der Waals surface area contributed by atoms with Crippen LogP contribution in [0.5, 0.6) is 0 Å². The zero-order valence-electron chi connectivity index (χ0n) is 24.2. The molecule has 4 atom stereocenters. The number of aliphatic hydroxyl groups is 3. The molecule has 0 radical (unpaired) electrons. The summed E-state index contributed by atoms with van der Waals surface area (Å²) in [5.41, 5.74) is 0. The molecule has 0 heterocycles. The second-order valence-corrected chi connectivity index (χ2v) is 13.2. The summed E-state index contributed by atoms with van der Waals surface area (Å²) in [5.74, 6) is 0.995. The first-order valence-corrected chi connectivity index (χ1v) is 15.8. The van der Waals surface area contributed by atoms with Gasteiger partial charge in [-0.2, -0.15) is 0 Å². The molecule has 0 aliphatic heterocycles. The third-order valence-corrected chi connectivity index (χ3v) is 9.19. The highest BCUT2D eigenvalue weighted by Crippen LogP contribution is 2.37. The molecule has 3 rings (SSSR count). The number of nitrogens with zero attached hydrogens (tertiary/aromatic N) is 1. The Labute approximate surface area is 231 Å². The van der Waals surface area contributed by atoms with Gasteiger partial charge in [0, 0.05) is 25.4 Å². The first-order chi connectivity index (χ1) is 18.3. The van der Waals surface area contributed by atoms with Crippen LogP contribution in [0.1, 0.15) is 117 Å². The molecule has 0 aromatic rings. The van der Waals surface area contributed by atoms with Crippen LogP contribution in [0.3, 0.4) is 0 Å². The molecule has 3 saturated carbocycles. The number of amides is 2. The fraction of sp³-hybridized carbons (Fsp3) is 0.935.